The fraction of sp³-hybridized carbons (Fsp3) is 0.500. The molecule has 18 heavy (non-hydrogen) atoms. The molecular formula is C14H20ClNO2. The maximum Gasteiger partial charge on any atom is 0.251 e. The standard InChI is InChI=1S/C14H20ClNO2/c1-3-5-13(10-18-2)16-14(17)12-7-4-6-11(8-12)9-15/h4,6-8,13H,3,5,9-10H2,1-2H3,(H,16,17). The van der Waals surface area contributed by atoms with Crippen LogP contribution in [0, 0.1) is 0 Å². The van der Waals surface area contributed by atoms with Crippen LogP contribution in [0.2, 0.25) is 0 Å². The van der Waals surface area contributed by atoms with E-state index >= 15 is 0 Å². The van der Waals surface area contributed by atoms with Crippen molar-refractivity contribution < 1.29 is 9.53 Å². The van der Waals surface area contributed by atoms with Gasteiger partial charge < -0.3 is 10.1 Å². The molecule has 0 aliphatic carbocycles. The van der Waals surface area contributed by atoms with Crippen LogP contribution in [0.25, 0.3) is 0 Å². The Kier molecular flexibility index (Phi) is 6.76. The molecule has 0 saturated heterocycles. The van der Waals surface area contributed by atoms with Gasteiger partial charge in [-0.15, -0.1) is 11.6 Å². The number of hydrogen-bond donors (Lipinski definition) is 1. The van der Waals surface area contributed by atoms with Crippen molar-refractivity contribution in [3.05, 3.63) is 35.4 Å². The zero-order valence-corrected chi connectivity index (χ0v) is 11.7. The number of rotatable bonds is 7. The monoisotopic (exact) mass is 269 g/mol. The van der Waals surface area contributed by atoms with E-state index in [-0.39, 0.29) is 11.9 Å². The van der Waals surface area contributed by atoms with Crippen LogP contribution < -0.4 is 5.32 Å². The van der Waals surface area contributed by atoms with Gasteiger partial charge in [0.2, 0.25) is 0 Å². The van der Waals surface area contributed by atoms with Gasteiger partial charge in [0.15, 0.2) is 0 Å². The SMILES string of the molecule is CCCC(COC)NC(=O)c1cccc(CCl)c1. The second kappa shape index (κ2) is 8.11. The quantitative estimate of drug-likeness (QED) is 0.773. The molecule has 1 atom stereocenters. The molecule has 100 valence electrons. The number of alkyl halides is 1. The van der Waals surface area contributed by atoms with Gasteiger partial charge in [-0.05, 0) is 24.1 Å². The first kappa shape index (κ1) is 15.0. The molecule has 0 spiro atoms. The fourth-order valence-corrected chi connectivity index (χ4v) is 1.98. The number of halogens is 1. The number of hydrogen-bond acceptors (Lipinski definition) is 2. The summed E-state index contributed by atoms with van der Waals surface area (Å²) >= 11 is 5.76. The lowest BCUT2D eigenvalue weighted by Crippen LogP contribution is -2.37. The van der Waals surface area contributed by atoms with Crippen LogP contribution in [0.15, 0.2) is 24.3 Å². The van der Waals surface area contributed by atoms with Crippen LogP contribution in [-0.2, 0) is 10.6 Å². The molecule has 0 aliphatic rings. The first-order valence-electron chi connectivity index (χ1n) is 6.16. The molecule has 1 aromatic carbocycles. The molecule has 0 fully saturated rings. The molecule has 0 saturated carbocycles. The van der Waals surface area contributed by atoms with E-state index in [9.17, 15) is 4.79 Å². The van der Waals surface area contributed by atoms with Gasteiger partial charge in [-0.25, -0.2) is 0 Å². The molecule has 1 N–H and O–H groups in total. The molecule has 0 aromatic heterocycles. The van der Waals surface area contributed by atoms with Gasteiger partial charge in [0, 0.05) is 18.6 Å². The summed E-state index contributed by atoms with van der Waals surface area (Å²) in [5.74, 6) is 0.342. The van der Waals surface area contributed by atoms with Crippen LogP contribution in [0.5, 0.6) is 0 Å². The Bertz CT molecular complexity index is 376. The predicted molar refractivity (Wildman–Crippen MR) is 74.0 cm³/mol. The van der Waals surface area contributed by atoms with Crippen molar-refractivity contribution in [2.24, 2.45) is 0 Å². The van der Waals surface area contributed by atoms with E-state index in [0.29, 0.717) is 18.1 Å². The van der Waals surface area contributed by atoms with Crippen molar-refractivity contribution in [2.75, 3.05) is 13.7 Å². The number of benzene rings is 1. The normalized spacial score (nSPS) is 12.2. The summed E-state index contributed by atoms with van der Waals surface area (Å²) in [6.07, 6.45) is 1.92. The molecule has 3 nitrogen and oxygen atoms in total. The Morgan fingerprint density at radius 3 is 2.89 bits per heavy atom. The van der Waals surface area contributed by atoms with Gasteiger partial charge in [-0.3, -0.25) is 4.79 Å². The highest BCUT2D eigenvalue weighted by Crippen LogP contribution is 2.08. The number of methoxy groups -OCH3 is 1. The number of ether oxygens (including phenoxy) is 1. The number of amides is 1. The largest absolute Gasteiger partial charge is 0.383 e. The topological polar surface area (TPSA) is 38.3 Å². The highest BCUT2D eigenvalue weighted by Gasteiger charge is 2.13. The zero-order valence-electron chi connectivity index (χ0n) is 10.9. The molecule has 1 unspecified atom stereocenters. The lowest BCUT2D eigenvalue weighted by Gasteiger charge is -2.17. The summed E-state index contributed by atoms with van der Waals surface area (Å²) in [6, 6.07) is 7.42. The third-order valence-electron chi connectivity index (χ3n) is 2.68. The summed E-state index contributed by atoms with van der Waals surface area (Å²) in [4.78, 5) is 12.1. The summed E-state index contributed by atoms with van der Waals surface area (Å²) in [7, 11) is 1.64. The number of carbonyl (C=O) groups is 1. The Labute approximate surface area is 113 Å². The minimum absolute atomic E-state index is 0.0622. The van der Waals surface area contributed by atoms with Crippen LogP contribution in [0.1, 0.15) is 35.7 Å². The molecule has 0 heterocycles. The zero-order chi connectivity index (χ0) is 13.4. The van der Waals surface area contributed by atoms with Crippen molar-refractivity contribution in [1.82, 2.24) is 5.32 Å². The summed E-state index contributed by atoms with van der Waals surface area (Å²) in [5, 5.41) is 2.98. The second-order valence-electron chi connectivity index (χ2n) is 4.25. The van der Waals surface area contributed by atoms with E-state index in [2.05, 4.69) is 12.2 Å². The van der Waals surface area contributed by atoms with Crippen molar-refractivity contribution in [3.63, 3.8) is 0 Å². The maximum atomic E-state index is 12.1. The Morgan fingerprint density at radius 1 is 1.50 bits per heavy atom. The first-order valence-corrected chi connectivity index (χ1v) is 6.69. The second-order valence-corrected chi connectivity index (χ2v) is 4.52. The van der Waals surface area contributed by atoms with Crippen molar-refractivity contribution in [3.8, 4) is 0 Å². The van der Waals surface area contributed by atoms with Gasteiger partial charge in [0.1, 0.15) is 0 Å². The van der Waals surface area contributed by atoms with E-state index < -0.39 is 0 Å². The highest BCUT2D eigenvalue weighted by molar-refractivity contribution is 6.17. The number of nitrogens with one attached hydrogen (secondary N) is 1. The summed E-state index contributed by atoms with van der Waals surface area (Å²) in [6.45, 7) is 2.62. The molecule has 1 rings (SSSR count). The third-order valence-corrected chi connectivity index (χ3v) is 2.99. The van der Waals surface area contributed by atoms with Crippen LogP contribution in [0.4, 0.5) is 0 Å². The predicted octanol–water partition coefficient (Wildman–Crippen LogP) is 2.97. The molecule has 0 radical (unpaired) electrons. The summed E-state index contributed by atoms with van der Waals surface area (Å²) in [5.41, 5.74) is 1.59. The lowest BCUT2D eigenvalue weighted by atomic mass is 10.1. The van der Waals surface area contributed by atoms with E-state index in [1.807, 2.05) is 18.2 Å². The smallest absolute Gasteiger partial charge is 0.251 e. The lowest BCUT2D eigenvalue weighted by molar-refractivity contribution is 0.0891. The average molecular weight is 270 g/mol. The van der Waals surface area contributed by atoms with E-state index in [1.54, 1.807) is 13.2 Å². The minimum atomic E-state index is -0.0718. The van der Waals surface area contributed by atoms with Gasteiger partial charge in [-0.2, -0.15) is 0 Å². The Hall–Kier alpha value is -1.06. The molecule has 0 aliphatic heterocycles. The Morgan fingerprint density at radius 2 is 2.28 bits per heavy atom. The van der Waals surface area contributed by atoms with Gasteiger partial charge in [0.25, 0.3) is 5.91 Å². The van der Waals surface area contributed by atoms with E-state index in [1.165, 1.54) is 0 Å². The highest BCUT2D eigenvalue weighted by atomic mass is 35.5. The third kappa shape index (κ3) is 4.67. The Balaban J connectivity index is 2.67. The van der Waals surface area contributed by atoms with Crippen LogP contribution >= 0.6 is 11.6 Å². The van der Waals surface area contributed by atoms with Gasteiger partial charge >= 0.3 is 0 Å². The minimum Gasteiger partial charge on any atom is -0.383 e. The molecule has 4 heteroatoms. The fourth-order valence-electron chi connectivity index (χ4n) is 1.81. The molecule has 0 bridgehead atoms. The summed E-state index contributed by atoms with van der Waals surface area (Å²) < 4.78 is 5.10. The molecular weight excluding hydrogens is 250 g/mol. The first-order chi connectivity index (χ1) is 8.71. The maximum absolute atomic E-state index is 12.1. The molecule has 1 aromatic rings. The van der Waals surface area contributed by atoms with E-state index in [0.717, 1.165) is 18.4 Å². The van der Waals surface area contributed by atoms with Crippen molar-refractivity contribution >= 4 is 17.5 Å². The van der Waals surface area contributed by atoms with Crippen LogP contribution in [0.3, 0.4) is 0 Å². The molecule has 1 amide bonds. The van der Waals surface area contributed by atoms with Crippen molar-refractivity contribution in [2.45, 2.75) is 31.7 Å². The van der Waals surface area contributed by atoms with Crippen molar-refractivity contribution in [1.29, 1.82) is 0 Å². The number of carbonyl (C=O) groups excluding carboxylic acids is 1. The van der Waals surface area contributed by atoms with Gasteiger partial charge in [0.05, 0.1) is 12.6 Å². The average Bonchev–Trinajstić information content (AvgIpc) is 2.39. The van der Waals surface area contributed by atoms with Gasteiger partial charge in [-0.1, -0.05) is 25.5 Å². The van der Waals surface area contributed by atoms with E-state index in [4.69, 9.17) is 16.3 Å². The van der Waals surface area contributed by atoms with Crippen LogP contribution in [-0.4, -0.2) is 25.7 Å².